The monoisotopic (exact) mass is 115 g/mol. The van der Waals surface area contributed by atoms with Crippen LogP contribution in [0.5, 0.6) is 0 Å². The second-order valence-corrected chi connectivity index (χ2v) is 2.64. The molecule has 0 radical (unpaired) electrons. The van der Waals surface area contributed by atoms with E-state index in [1.165, 1.54) is 0 Å². The van der Waals surface area contributed by atoms with E-state index in [0.29, 0.717) is 0 Å². The Morgan fingerprint density at radius 1 is 1.62 bits per heavy atom. The molecule has 0 aliphatic carbocycles. The summed E-state index contributed by atoms with van der Waals surface area (Å²) in [5.74, 6) is 0.222. The molecule has 0 aromatic heterocycles. The fourth-order valence-electron chi connectivity index (χ4n) is 0.136. The zero-order chi connectivity index (χ0) is 6.78. The lowest BCUT2D eigenvalue weighted by molar-refractivity contribution is -0.112. The summed E-state index contributed by atoms with van der Waals surface area (Å²) < 4.78 is 0. The van der Waals surface area contributed by atoms with Gasteiger partial charge in [-0.25, -0.2) is 0 Å². The molecule has 1 atom stereocenters. The Kier molecular flexibility index (Phi) is 2.16. The molecule has 48 valence electrons. The number of aldehydes is 1. The summed E-state index contributed by atoms with van der Waals surface area (Å²) in [7, 11) is 0. The van der Waals surface area contributed by atoms with Gasteiger partial charge in [0.05, 0.1) is 5.54 Å². The summed E-state index contributed by atoms with van der Waals surface area (Å²) in [6, 6.07) is 0. The molecule has 0 unspecified atom stereocenters. The first-order valence-electron chi connectivity index (χ1n) is 2.76. The highest BCUT2D eigenvalue weighted by molar-refractivity contribution is 5.63. The molecule has 0 saturated carbocycles. The number of hydrogen-bond donors (Lipinski definition) is 1. The van der Waals surface area contributed by atoms with E-state index in [0.717, 1.165) is 6.29 Å². The van der Waals surface area contributed by atoms with Crippen molar-refractivity contribution in [3.8, 4) is 0 Å². The number of carbonyl (C=O) groups excluding carboxylic acids is 1. The first-order chi connectivity index (χ1) is 3.50. The van der Waals surface area contributed by atoms with Crippen LogP contribution in [0.3, 0.4) is 0 Å². The molecule has 0 saturated heterocycles. The van der Waals surface area contributed by atoms with Crippen LogP contribution in [-0.2, 0) is 4.79 Å². The lowest BCUT2D eigenvalue weighted by Gasteiger charge is -2.20. The normalized spacial score (nSPS) is 18.1. The van der Waals surface area contributed by atoms with Crippen LogP contribution in [0.25, 0.3) is 0 Å². The molecule has 0 fully saturated rings. The van der Waals surface area contributed by atoms with Gasteiger partial charge in [0.25, 0.3) is 0 Å². The highest BCUT2D eigenvalue weighted by Gasteiger charge is 2.20. The van der Waals surface area contributed by atoms with Crippen LogP contribution in [0.1, 0.15) is 20.8 Å². The zero-order valence-corrected chi connectivity index (χ0v) is 5.64. The maximum absolute atomic E-state index is 10.1. The number of nitrogens with two attached hydrogens (primary N) is 1. The van der Waals surface area contributed by atoms with Gasteiger partial charge in [0.15, 0.2) is 0 Å². The van der Waals surface area contributed by atoms with Crippen molar-refractivity contribution in [1.82, 2.24) is 0 Å². The van der Waals surface area contributed by atoms with Gasteiger partial charge in [-0.1, -0.05) is 13.8 Å². The minimum atomic E-state index is -0.639. The van der Waals surface area contributed by atoms with E-state index in [4.69, 9.17) is 5.73 Å². The SMILES string of the molecule is CC(C)[C@@](C)(N)C=O. The maximum atomic E-state index is 10.1. The van der Waals surface area contributed by atoms with Crippen LogP contribution in [-0.4, -0.2) is 11.8 Å². The Morgan fingerprint density at radius 3 is 2.00 bits per heavy atom. The van der Waals surface area contributed by atoms with Crippen molar-refractivity contribution in [2.45, 2.75) is 26.3 Å². The third-order valence-electron chi connectivity index (χ3n) is 1.50. The van der Waals surface area contributed by atoms with Crippen molar-refractivity contribution < 1.29 is 4.79 Å². The van der Waals surface area contributed by atoms with E-state index >= 15 is 0 Å². The van der Waals surface area contributed by atoms with E-state index in [-0.39, 0.29) is 5.92 Å². The molecular weight excluding hydrogens is 102 g/mol. The van der Waals surface area contributed by atoms with Crippen LogP contribution >= 0.6 is 0 Å². The van der Waals surface area contributed by atoms with Gasteiger partial charge in [-0.2, -0.15) is 0 Å². The summed E-state index contributed by atoms with van der Waals surface area (Å²) in [5, 5.41) is 0. The average Bonchev–Trinajstić information content (AvgIpc) is 1.67. The molecule has 2 N–H and O–H groups in total. The molecule has 0 bridgehead atoms. The lowest BCUT2D eigenvalue weighted by atomic mass is 9.92. The first-order valence-corrected chi connectivity index (χ1v) is 2.76. The van der Waals surface area contributed by atoms with E-state index < -0.39 is 5.54 Å². The minimum Gasteiger partial charge on any atom is -0.319 e. The Balaban J connectivity index is 3.90. The molecule has 0 aromatic carbocycles. The quantitative estimate of drug-likeness (QED) is 0.534. The van der Waals surface area contributed by atoms with Crippen LogP contribution in [0.2, 0.25) is 0 Å². The van der Waals surface area contributed by atoms with Crippen molar-refractivity contribution in [2.24, 2.45) is 11.7 Å². The molecule has 0 heterocycles. The predicted molar refractivity (Wildman–Crippen MR) is 33.5 cm³/mol. The Bertz CT molecular complexity index is 86.5. The summed E-state index contributed by atoms with van der Waals surface area (Å²) in [6.07, 6.45) is 0.789. The number of carbonyl (C=O) groups is 1. The lowest BCUT2D eigenvalue weighted by Crippen LogP contribution is -2.43. The molecule has 8 heavy (non-hydrogen) atoms. The topological polar surface area (TPSA) is 43.1 Å². The Morgan fingerprint density at radius 2 is 2.00 bits per heavy atom. The van der Waals surface area contributed by atoms with Crippen LogP contribution in [0.4, 0.5) is 0 Å². The van der Waals surface area contributed by atoms with Crippen molar-refractivity contribution in [3.63, 3.8) is 0 Å². The van der Waals surface area contributed by atoms with E-state index in [1.54, 1.807) is 6.92 Å². The Hall–Kier alpha value is -0.370. The van der Waals surface area contributed by atoms with Crippen molar-refractivity contribution in [3.05, 3.63) is 0 Å². The van der Waals surface area contributed by atoms with E-state index in [1.807, 2.05) is 13.8 Å². The molecule has 0 spiro atoms. The van der Waals surface area contributed by atoms with Gasteiger partial charge in [-0.05, 0) is 12.8 Å². The van der Waals surface area contributed by atoms with Gasteiger partial charge in [0.2, 0.25) is 0 Å². The van der Waals surface area contributed by atoms with Crippen LogP contribution in [0.15, 0.2) is 0 Å². The first kappa shape index (κ1) is 7.63. The minimum absolute atomic E-state index is 0.222. The van der Waals surface area contributed by atoms with Gasteiger partial charge >= 0.3 is 0 Å². The number of rotatable bonds is 2. The maximum Gasteiger partial charge on any atom is 0.139 e. The smallest absolute Gasteiger partial charge is 0.139 e. The molecule has 0 rings (SSSR count). The fraction of sp³-hybridized carbons (Fsp3) is 0.833. The predicted octanol–water partition coefficient (Wildman–Crippen LogP) is 0.559. The summed E-state index contributed by atoms with van der Waals surface area (Å²) in [5.41, 5.74) is 4.85. The third-order valence-corrected chi connectivity index (χ3v) is 1.50. The Labute approximate surface area is 50.1 Å². The van der Waals surface area contributed by atoms with Crippen molar-refractivity contribution in [1.29, 1.82) is 0 Å². The molecule has 0 aromatic rings. The summed E-state index contributed by atoms with van der Waals surface area (Å²) in [4.78, 5) is 10.1. The van der Waals surface area contributed by atoms with E-state index in [9.17, 15) is 4.79 Å². The van der Waals surface area contributed by atoms with Gasteiger partial charge in [0, 0.05) is 0 Å². The third kappa shape index (κ3) is 1.62. The van der Waals surface area contributed by atoms with Gasteiger partial charge in [0.1, 0.15) is 6.29 Å². The summed E-state index contributed by atoms with van der Waals surface area (Å²) in [6.45, 7) is 5.58. The van der Waals surface area contributed by atoms with Gasteiger partial charge in [-0.3, -0.25) is 0 Å². The highest BCUT2D eigenvalue weighted by atomic mass is 16.1. The van der Waals surface area contributed by atoms with Crippen LogP contribution < -0.4 is 5.73 Å². The molecule has 0 aliphatic heterocycles. The van der Waals surface area contributed by atoms with Crippen LogP contribution in [0, 0.1) is 5.92 Å². The number of hydrogen-bond acceptors (Lipinski definition) is 2. The summed E-state index contributed by atoms with van der Waals surface area (Å²) >= 11 is 0. The van der Waals surface area contributed by atoms with Crippen molar-refractivity contribution >= 4 is 6.29 Å². The molecule has 2 nitrogen and oxygen atoms in total. The largest absolute Gasteiger partial charge is 0.319 e. The van der Waals surface area contributed by atoms with Crippen molar-refractivity contribution in [2.75, 3.05) is 0 Å². The average molecular weight is 115 g/mol. The second-order valence-electron chi connectivity index (χ2n) is 2.64. The standard InChI is InChI=1S/C6H13NO/c1-5(2)6(3,7)4-8/h4-5H,7H2,1-3H3/t6-/m0/s1. The molecule has 2 heteroatoms. The van der Waals surface area contributed by atoms with E-state index in [2.05, 4.69) is 0 Å². The van der Waals surface area contributed by atoms with Gasteiger partial charge in [-0.15, -0.1) is 0 Å². The fourth-order valence-corrected chi connectivity index (χ4v) is 0.136. The molecular formula is C6H13NO. The second kappa shape index (κ2) is 2.27. The highest BCUT2D eigenvalue weighted by Crippen LogP contribution is 2.08. The molecule has 0 amide bonds. The zero-order valence-electron chi connectivity index (χ0n) is 5.64. The van der Waals surface area contributed by atoms with Gasteiger partial charge < -0.3 is 10.5 Å². The molecule has 0 aliphatic rings.